The summed E-state index contributed by atoms with van der Waals surface area (Å²) >= 11 is 0. The molecule has 0 saturated heterocycles. The summed E-state index contributed by atoms with van der Waals surface area (Å²) in [6, 6.07) is 4.04. The number of hydrogen-bond acceptors (Lipinski definition) is 4. The molecule has 0 aliphatic heterocycles. The van der Waals surface area contributed by atoms with Crippen LogP contribution in [0.5, 0.6) is 5.75 Å². The summed E-state index contributed by atoms with van der Waals surface area (Å²) in [6.45, 7) is 1.50. The van der Waals surface area contributed by atoms with Crippen molar-refractivity contribution in [3.8, 4) is 5.75 Å². The third-order valence-electron chi connectivity index (χ3n) is 2.27. The normalized spacial score (nSPS) is 11.6. The Hall–Kier alpha value is -2.24. The van der Waals surface area contributed by atoms with Crippen molar-refractivity contribution < 1.29 is 14.3 Å². The number of hydrogen-bond donors (Lipinski definition) is 3. The average Bonchev–Trinajstić information content (AvgIpc) is 2.28. The second kappa shape index (κ2) is 5.20. The summed E-state index contributed by atoms with van der Waals surface area (Å²) < 4.78 is 5.04. The molecule has 92 valence electrons. The molecule has 5 N–H and O–H groups in total. The zero-order valence-electron chi connectivity index (χ0n) is 9.69. The first-order valence-electron chi connectivity index (χ1n) is 5.00. The first-order chi connectivity index (χ1) is 7.97. The van der Waals surface area contributed by atoms with Gasteiger partial charge in [-0.2, -0.15) is 0 Å². The summed E-state index contributed by atoms with van der Waals surface area (Å²) in [5.41, 5.74) is 11.3. The van der Waals surface area contributed by atoms with Crippen LogP contribution in [0.2, 0.25) is 0 Å². The number of ether oxygens (including phenoxy) is 1. The lowest BCUT2D eigenvalue weighted by Crippen LogP contribution is -2.42. The Morgan fingerprint density at radius 2 is 2.06 bits per heavy atom. The molecule has 1 aromatic carbocycles. The fourth-order valence-electron chi connectivity index (χ4n) is 1.31. The first-order valence-corrected chi connectivity index (χ1v) is 5.00. The number of benzene rings is 1. The quantitative estimate of drug-likeness (QED) is 0.634. The summed E-state index contributed by atoms with van der Waals surface area (Å²) in [6.07, 6.45) is 0. The molecule has 2 amide bonds. The molecule has 6 nitrogen and oxygen atoms in total. The van der Waals surface area contributed by atoms with E-state index in [1.54, 1.807) is 18.2 Å². The molecular formula is C11H15N3O3. The molecule has 0 saturated carbocycles. The topological polar surface area (TPSA) is 107 Å². The van der Waals surface area contributed by atoms with Gasteiger partial charge in [0, 0.05) is 0 Å². The minimum absolute atomic E-state index is 0.264. The molecule has 0 spiro atoms. The number of nitrogens with two attached hydrogens (primary N) is 2. The van der Waals surface area contributed by atoms with Gasteiger partial charge in [-0.05, 0) is 19.1 Å². The number of para-hydroxylation sites is 1. The number of rotatable bonds is 4. The Labute approximate surface area is 98.9 Å². The zero-order chi connectivity index (χ0) is 13.0. The third-order valence-corrected chi connectivity index (χ3v) is 2.27. The van der Waals surface area contributed by atoms with Gasteiger partial charge < -0.3 is 21.5 Å². The molecule has 17 heavy (non-hydrogen) atoms. The highest BCUT2D eigenvalue weighted by Crippen LogP contribution is 2.25. The number of carbonyl (C=O) groups excluding carboxylic acids is 2. The molecule has 0 heterocycles. The van der Waals surface area contributed by atoms with Crippen LogP contribution in [-0.4, -0.2) is 25.0 Å². The predicted octanol–water partition coefficient (Wildman–Crippen LogP) is -0.119. The SMILES string of the molecule is COc1c(N)cccc1C(=O)NC(C)C(N)=O. The lowest BCUT2D eigenvalue weighted by Gasteiger charge is -2.13. The second-order valence-electron chi connectivity index (χ2n) is 3.53. The Kier molecular flexibility index (Phi) is 3.92. The van der Waals surface area contributed by atoms with E-state index >= 15 is 0 Å². The summed E-state index contributed by atoms with van der Waals surface area (Å²) in [5, 5.41) is 2.45. The van der Waals surface area contributed by atoms with Gasteiger partial charge in [0.1, 0.15) is 6.04 Å². The third kappa shape index (κ3) is 2.87. The van der Waals surface area contributed by atoms with Crippen LogP contribution in [0.25, 0.3) is 0 Å². The number of amides is 2. The molecule has 1 unspecified atom stereocenters. The zero-order valence-corrected chi connectivity index (χ0v) is 9.69. The van der Waals surface area contributed by atoms with Crippen LogP contribution in [0, 0.1) is 0 Å². The van der Waals surface area contributed by atoms with E-state index in [1.807, 2.05) is 0 Å². The van der Waals surface area contributed by atoms with Gasteiger partial charge >= 0.3 is 0 Å². The minimum atomic E-state index is -0.756. The molecule has 0 radical (unpaired) electrons. The van der Waals surface area contributed by atoms with Crippen LogP contribution in [0.3, 0.4) is 0 Å². The first kappa shape index (κ1) is 12.8. The highest BCUT2D eigenvalue weighted by molar-refractivity contribution is 6.00. The standard InChI is InChI=1S/C11H15N3O3/c1-6(10(13)15)14-11(16)7-4-3-5-8(12)9(7)17-2/h3-6H,12H2,1-2H3,(H2,13,15)(H,14,16). The highest BCUT2D eigenvalue weighted by atomic mass is 16.5. The summed E-state index contributed by atoms with van der Waals surface area (Å²) in [5.74, 6) is -0.789. The number of nitrogens with one attached hydrogen (secondary N) is 1. The van der Waals surface area contributed by atoms with E-state index < -0.39 is 17.9 Å². The van der Waals surface area contributed by atoms with E-state index in [0.29, 0.717) is 5.69 Å². The molecule has 0 fully saturated rings. The smallest absolute Gasteiger partial charge is 0.255 e. The van der Waals surface area contributed by atoms with Crippen molar-refractivity contribution in [2.45, 2.75) is 13.0 Å². The minimum Gasteiger partial charge on any atom is -0.494 e. The molecule has 1 atom stereocenters. The Morgan fingerprint density at radius 1 is 1.41 bits per heavy atom. The number of primary amides is 1. The van der Waals surface area contributed by atoms with E-state index in [9.17, 15) is 9.59 Å². The van der Waals surface area contributed by atoms with Gasteiger partial charge in [0.2, 0.25) is 5.91 Å². The van der Waals surface area contributed by atoms with Crippen molar-refractivity contribution in [1.29, 1.82) is 0 Å². The Balaban J connectivity index is 2.97. The van der Waals surface area contributed by atoms with Crippen molar-refractivity contribution in [2.24, 2.45) is 5.73 Å². The van der Waals surface area contributed by atoms with Crippen LogP contribution in [0.15, 0.2) is 18.2 Å². The maximum Gasteiger partial charge on any atom is 0.255 e. The van der Waals surface area contributed by atoms with E-state index in [-0.39, 0.29) is 11.3 Å². The fraction of sp³-hybridized carbons (Fsp3) is 0.273. The van der Waals surface area contributed by atoms with Crippen LogP contribution in [-0.2, 0) is 4.79 Å². The molecule has 6 heteroatoms. The Morgan fingerprint density at radius 3 is 2.59 bits per heavy atom. The number of anilines is 1. The average molecular weight is 237 g/mol. The summed E-state index contributed by atoms with van der Waals surface area (Å²) in [4.78, 5) is 22.7. The van der Waals surface area contributed by atoms with Gasteiger partial charge in [0.05, 0.1) is 18.4 Å². The van der Waals surface area contributed by atoms with E-state index in [2.05, 4.69) is 5.32 Å². The lowest BCUT2D eigenvalue weighted by molar-refractivity contribution is -0.119. The van der Waals surface area contributed by atoms with Gasteiger partial charge in [0.25, 0.3) is 5.91 Å². The molecule has 1 aromatic rings. The van der Waals surface area contributed by atoms with E-state index in [0.717, 1.165) is 0 Å². The van der Waals surface area contributed by atoms with Crippen LogP contribution in [0.4, 0.5) is 5.69 Å². The molecule has 0 aliphatic carbocycles. The second-order valence-corrected chi connectivity index (χ2v) is 3.53. The van der Waals surface area contributed by atoms with Crippen LogP contribution < -0.4 is 21.5 Å². The van der Waals surface area contributed by atoms with Gasteiger partial charge in [-0.1, -0.05) is 6.07 Å². The van der Waals surface area contributed by atoms with Gasteiger partial charge in [-0.25, -0.2) is 0 Å². The molecule has 0 aliphatic rings. The number of nitrogen functional groups attached to an aromatic ring is 1. The predicted molar refractivity (Wildman–Crippen MR) is 63.5 cm³/mol. The van der Waals surface area contributed by atoms with Crippen molar-refractivity contribution in [2.75, 3.05) is 12.8 Å². The fourth-order valence-corrected chi connectivity index (χ4v) is 1.31. The molecular weight excluding hydrogens is 222 g/mol. The van der Waals surface area contributed by atoms with Gasteiger partial charge in [-0.15, -0.1) is 0 Å². The Bertz CT molecular complexity index is 446. The molecule has 1 rings (SSSR count). The van der Waals surface area contributed by atoms with Crippen molar-refractivity contribution in [3.05, 3.63) is 23.8 Å². The van der Waals surface area contributed by atoms with Crippen molar-refractivity contribution in [1.82, 2.24) is 5.32 Å². The van der Waals surface area contributed by atoms with Crippen LogP contribution >= 0.6 is 0 Å². The highest BCUT2D eigenvalue weighted by Gasteiger charge is 2.18. The largest absolute Gasteiger partial charge is 0.494 e. The van der Waals surface area contributed by atoms with Crippen molar-refractivity contribution >= 4 is 17.5 Å². The van der Waals surface area contributed by atoms with Crippen molar-refractivity contribution in [3.63, 3.8) is 0 Å². The number of methoxy groups -OCH3 is 1. The lowest BCUT2D eigenvalue weighted by atomic mass is 10.1. The maximum absolute atomic E-state index is 11.8. The monoisotopic (exact) mass is 237 g/mol. The molecule has 0 aromatic heterocycles. The van der Waals surface area contributed by atoms with Gasteiger partial charge in [-0.3, -0.25) is 9.59 Å². The van der Waals surface area contributed by atoms with Crippen LogP contribution in [0.1, 0.15) is 17.3 Å². The maximum atomic E-state index is 11.8. The summed E-state index contributed by atoms with van der Waals surface area (Å²) in [7, 11) is 1.42. The van der Waals surface area contributed by atoms with E-state index in [4.69, 9.17) is 16.2 Å². The number of carbonyl (C=O) groups is 2. The van der Waals surface area contributed by atoms with E-state index in [1.165, 1.54) is 14.0 Å². The molecule has 0 bridgehead atoms. The van der Waals surface area contributed by atoms with Gasteiger partial charge in [0.15, 0.2) is 5.75 Å².